The van der Waals surface area contributed by atoms with Gasteiger partial charge in [-0.2, -0.15) is 0 Å². The lowest BCUT2D eigenvalue weighted by molar-refractivity contribution is 0.0601. The summed E-state index contributed by atoms with van der Waals surface area (Å²) in [4.78, 5) is 11.7. The molecule has 2 atom stereocenters. The molecule has 1 saturated carbocycles. The van der Waals surface area contributed by atoms with Crippen LogP contribution in [0.1, 0.15) is 61.4 Å². The molecule has 1 aliphatic rings. The monoisotopic (exact) mass is 289 g/mol. The van der Waals surface area contributed by atoms with Gasteiger partial charge in [-0.15, -0.1) is 0 Å². The molecule has 2 rings (SSSR count). The summed E-state index contributed by atoms with van der Waals surface area (Å²) in [7, 11) is 1.42. The van der Waals surface area contributed by atoms with Gasteiger partial charge in [0.05, 0.1) is 12.7 Å². The van der Waals surface area contributed by atoms with Crippen molar-refractivity contribution in [1.82, 2.24) is 0 Å². The first kappa shape index (κ1) is 15.9. The highest BCUT2D eigenvalue weighted by Crippen LogP contribution is 2.28. The number of methoxy groups -OCH3 is 1. The molecular weight excluding hydrogens is 262 g/mol. The van der Waals surface area contributed by atoms with Crippen LogP contribution in [0.3, 0.4) is 0 Å². The van der Waals surface area contributed by atoms with Crippen LogP contribution in [-0.2, 0) is 4.74 Å². The molecule has 0 heterocycles. The molecule has 2 unspecified atom stereocenters. The Balaban J connectivity index is 2.06. The number of ether oxygens (including phenoxy) is 1. The summed E-state index contributed by atoms with van der Waals surface area (Å²) in [5.74, 6) is 0.615. The second kappa shape index (κ2) is 7.48. The van der Waals surface area contributed by atoms with Gasteiger partial charge >= 0.3 is 5.97 Å². The summed E-state index contributed by atoms with van der Waals surface area (Å²) >= 11 is 0. The van der Waals surface area contributed by atoms with Crippen LogP contribution in [-0.4, -0.2) is 19.1 Å². The lowest BCUT2D eigenvalue weighted by Crippen LogP contribution is -2.19. The van der Waals surface area contributed by atoms with Crippen LogP contribution in [0.15, 0.2) is 18.2 Å². The Hall–Kier alpha value is -1.51. The molecule has 0 aliphatic heterocycles. The predicted octanol–water partition coefficient (Wildman–Crippen LogP) is 4.55. The number of aryl methyl sites for hydroxylation is 1. The van der Waals surface area contributed by atoms with Crippen molar-refractivity contribution in [1.29, 1.82) is 0 Å². The number of benzene rings is 1. The number of carbonyl (C=O) groups excluding carboxylic acids is 1. The highest BCUT2D eigenvalue weighted by molar-refractivity contribution is 5.90. The molecular formula is C18H27NO2. The number of hydrogen-bond donors (Lipinski definition) is 1. The number of hydrogen-bond acceptors (Lipinski definition) is 3. The largest absolute Gasteiger partial charge is 0.465 e. The van der Waals surface area contributed by atoms with Crippen molar-refractivity contribution in [3.05, 3.63) is 29.3 Å². The summed E-state index contributed by atoms with van der Waals surface area (Å²) in [6, 6.07) is 6.25. The molecule has 0 radical (unpaired) electrons. The molecule has 3 heteroatoms. The van der Waals surface area contributed by atoms with Crippen LogP contribution in [0, 0.1) is 12.8 Å². The Morgan fingerprint density at radius 2 is 2.10 bits per heavy atom. The van der Waals surface area contributed by atoms with Gasteiger partial charge in [0.2, 0.25) is 0 Å². The smallest absolute Gasteiger partial charge is 0.337 e. The van der Waals surface area contributed by atoms with Gasteiger partial charge in [0, 0.05) is 11.7 Å². The first-order chi connectivity index (χ1) is 10.1. The zero-order valence-electron chi connectivity index (χ0n) is 13.4. The molecule has 0 aromatic heterocycles. The Morgan fingerprint density at radius 3 is 2.81 bits per heavy atom. The summed E-state index contributed by atoms with van der Waals surface area (Å²) < 4.78 is 4.80. The molecule has 0 bridgehead atoms. The van der Waals surface area contributed by atoms with Crippen molar-refractivity contribution >= 4 is 11.7 Å². The molecule has 1 fully saturated rings. The molecule has 21 heavy (non-hydrogen) atoms. The van der Waals surface area contributed by atoms with E-state index in [2.05, 4.69) is 19.2 Å². The topological polar surface area (TPSA) is 38.3 Å². The van der Waals surface area contributed by atoms with Crippen LogP contribution >= 0.6 is 0 Å². The van der Waals surface area contributed by atoms with Crippen molar-refractivity contribution in [2.45, 2.75) is 58.4 Å². The third-order valence-electron chi connectivity index (χ3n) is 4.68. The molecule has 1 aromatic rings. The van der Waals surface area contributed by atoms with Gasteiger partial charge in [0.1, 0.15) is 0 Å². The Kier molecular flexibility index (Phi) is 5.66. The number of rotatable bonds is 4. The highest BCUT2D eigenvalue weighted by Gasteiger charge is 2.18. The maximum atomic E-state index is 11.7. The fourth-order valence-electron chi connectivity index (χ4n) is 3.17. The first-order valence-corrected chi connectivity index (χ1v) is 8.09. The molecule has 0 saturated heterocycles. The Labute approximate surface area is 128 Å². The van der Waals surface area contributed by atoms with E-state index in [1.807, 2.05) is 18.2 Å². The van der Waals surface area contributed by atoms with E-state index in [9.17, 15) is 4.79 Å². The fourth-order valence-corrected chi connectivity index (χ4v) is 3.17. The Morgan fingerprint density at radius 1 is 1.29 bits per heavy atom. The highest BCUT2D eigenvalue weighted by atomic mass is 16.5. The van der Waals surface area contributed by atoms with Gasteiger partial charge in [-0.25, -0.2) is 4.79 Å². The molecule has 3 nitrogen and oxygen atoms in total. The Bertz CT molecular complexity index is 484. The maximum absolute atomic E-state index is 11.7. The SMILES string of the molecule is CCC1CCCC(Nc2cc(C(=O)OC)ccc2C)CC1. The number of carbonyl (C=O) groups is 1. The van der Waals surface area contributed by atoms with Gasteiger partial charge in [0.15, 0.2) is 0 Å². The van der Waals surface area contributed by atoms with E-state index in [-0.39, 0.29) is 5.97 Å². The van der Waals surface area contributed by atoms with Gasteiger partial charge in [0.25, 0.3) is 0 Å². The summed E-state index contributed by atoms with van der Waals surface area (Å²) in [6.45, 7) is 4.37. The molecule has 1 aromatic carbocycles. The predicted molar refractivity (Wildman–Crippen MR) is 86.8 cm³/mol. The van der Waals surface area contributed by atoms with E-state index >= 15 is 0 Å². The second-order valence-corrected chi connectivity index (χ2v) is 6.15. The van der Waals surface area contributed by atoms with E-state index in [1.165, 1.54) is 51.2 Å². The molecule has 0 spiro atoms. The average molecular weight is 289 g/mol. The minimum atomic E-state index is -0.273. The van der Waals surface area contributed by atoms with E-state index < -0.39 is 0 Å². The average Bonchev–Trinajstić information content (AvgIpc) is 2.73. The second-order valence-electron chi connectivity index (χ2n) is 6.15. The minimum absolute atomic E-state index is 0.273. The maximum Gasteiger partial charge on any atom is 0.337 e. The van der Waals surface area contributed by atoms with Crippen molar-refractivity contribution in [2.24, 2.45) is 5.92 Å². The lowest BCUT2D eigenvalue weighted by Gasteiger charge is -2.20. The first-order valence-electron chi connectivity index (χ1n) is 8.09. The number of anilines is 1. The van der Waals surface area contributed by atoms with Gasteiger partial charge in [-0.1, -0.05) is 32.3 Å². The third kappa shape index (κ3) is 4.23. The number of nitrogens with one attached hydrogen (secondary N) is 1. The van der Waals surface area contributed by atoms with Crippen LogP contribution in [0.5, 0.6) is 0 Å². The van der Waals surface area contributed by atoms with E-state index in [4.69, 9.17) is 4.74 Å². The van der Waals surface area contributed by atoms with Gasteiger partial charge < -0.3 is 10.1 Å². The third-order valence-corrected chi connectivity index (χ3v) is 4.68. The number of esters is 1. The van der Waals surface area contributed by atoms with E-state index in [0.29, 0.717) is 11.6 Å². The molecule has 0 amide bonds. The zero-order chi connectivity index (χ0) is 15.2. The van der Waals surface area contributed by atoms with Gasteiger partial charge in [-0.3, -0.25) is 0 Å². The van der Waals surface area contributed by atoms with Crippen LogP contribution < -0.4 is 5.32 Å². The van der Waals surface area contributed by atoms with Crippen molar-refractivity contribution in [3.63, 3.8) is 0 Å². The standard InChI is InChI=1S/C18H27NO2/c1-4-14-6-5-7-16(11-9-14)19-17-12-15(18(20)21-3)10-8-13(17)2/h8,10,12,14,16,19H,4-7,9,11H2,1-3H3. The van der Waals surface area contributed by atoms with E-state index in [0.717, 1.165) is 11.6 Å². The lowest BCUT2D eigenvalue weighted by atomic mass is 9.97. The van der Waals surface area contributed by atoms with Crippen LogP contribution in [0.2, 0.25) is 0 Å². The summed E-state index contributed by atoms with van der Waals surface area (Å²) in [6.07, 6.45) is 7.70. The van der Waals surface area contributed by atoms with Crippen LogP contribution in [0.4, 0.5) is 5.69 Å². The van der Waals surface area contributed by atoms with E-state index in [1.54, 1.807) is 0 Å². The summed E-state index contributed by atoms with van der Waals surface area (Å²) in [5.41, 5.74) is 2.86. The zero-order valence-corrected chi connectivity index (χ0v) is 13.4. The molecule has 1 N–H and O–H groups in total. The normalized spacial score (nSPS) is 22.4. The fraction of sp³-hybridized carbons (Fsp3) is 0.611. The van der Waals surface area contributed by atoms with Crippen molar-refractivity contribution in [2.75, 3.05) is 12.4 Å². The molecule has 1 aliphatic carbocycles. The van der Waals surface area contributed by atoms with Gasteiger partial charge in [-0.05, 0) is 49.8 Å². The summed E-state index contributed by atoms with van der Waals surface area (Å²) in [5, 5.41) is 3.65. The minimum Gasteiger partial charge on any atom is -0.465 e. The van der Waals surface area contributed by atoms with Crippen molar-refractivity contribution < 1.29 is 9.53 Å². The molecule has 116 valence electrons. The van der Waals surface area contributed by atoms with Crippen molar-refractivity contribution in [3.8, 4) is 0 Å². The quantitative estimate of drug-likeness (QED) is 0.652. The van der Waals surface area contributed by atoms with Crippen LogP contribution in [0.25, 0.3) is 0 Å².